The van der Waals surface area contributed by atoms with E-state index < -0.39 is 0 Å². The van der Waals surface area contributed by atoms with Gasteiger partial charge in [-0.2, -0.15) is 4.52 Å². The topological polar surface area (TPSA) is 64.3 Å². The van der Waals surface area contributed by atoms with Crippen LogP contribution in [0.1, 0.15) is 5.56 Å². The number of ether oxygens (including phenoxy) is 1. The lowest BCUT2D eigenvalue weighted by Gasteiger charge is -2.10. The molecule has 0 aliphatic rings. The molecule has 6 nitrogen and oxygen atoms in total. The number of anilines is 1. The van der Waals surface area contributed by atoms with Crippen molar-refractivity contribution in [3.8, 4) is 5.75 Å². The quantitative estimate of drug-likeness (QED) is 0.628. The van der Waals surface area contributed by atoms with E-state index in [1.807, 2.05) is 48.5 Å². The molecule has 2 aromatic carbocycles. The average Bonchev–Trinajstić information content (AvgIpc) is 3.09. The number of methoxy groups -OCH3 is 1. The summed E-state index contributed by atoms with van der Waals surface area (Å²) in [6, 6.07) is 16.0. The van der Waals surface area contributed by atoms with Crippen LogP contribution < -0.4 is 10.1 Å². The zero-order valence-corrected chi connectivity index (χ0v) is 12.6. The summed E-state index contributed by atoms with van der Waals surface area (Å²) in [6.45, 7) is 0.675. The zero-order chi connectivity index (χ0) is 15.6. The number of hydrogen-bond donors (Lipinski definition) is 1. The first kappa shape index (κ1) is 13.5. The normalized spacial score (nSPS) is 11.0. The molecule has 0 bridgehead atoms. The maximum atomic E-state index is 5.18. The van der Waals surface area contributed by atoms with Crippen LogP contribution in [-0.4, -0.2) is 26.9 Å². The van der Waals surface area contributed by atoms with E-state index in [9.17, 15) is 0 Å². The van der Waals surface area contributed by atoms with Crippen LogP contribution in [0.15, 0.2) is 54.9 Å². The van der Waals surface area contributed by atoms with Gasteiger partial charge in [-0.05, 0) is 17.7 Å². The van der Waals surface area contributed by atoms with Gasteiger partial charge >= 0.3 is 0 Å². The number of hydrogen-bond acceptors (Lipinski definition) is 5. The van der Waals surface area contributed by atoms with Crippen LogP contribution in [0.2, 0.25) is 0 Å². The molecule has 114 valence electrons. The van der Waals surface area contributed by atoms with Crippen molar-refractivity contribution in [3.63, 3.8) is 0 Å². The van der Waals surface area contributed by atoms with E-state index >= 15 is 0 Å². The van der Waals surface area contributed by atoms with Crippen LogP contribution in [0.25, 0.3) is 16.4 Å². The lowest BCUT2D eigenvalue weighted by atomic mass is 10.1. The summed E-state index contributed by atoms with van der Waals surface area (Å²) in [5.41, 5.74) is 1.91. The van der Waals surface area contributed by atoms with Crippen molar-refractivity contribution in [3.05, 3.63) is 60.4 Å². The van der Waals surface area contributed by atoms with Crippen molar-refractivity contribution in [1.82, 2.24) is 19.8 Å². The molecule has 4 rings (SSSR count). The van der Waals surface area contributed by atoms with Crippen molar-refractivity contribution >= 4 is 22.2 Å². The standard InChI is InChI=1S/C17H15N5O/c1-23-13-8-6-12(7-9-13)10-18-16-14-4-2-3-5-15(14)17-20-19-11-22(17)21-16/h2-9,11H,10H2,1H3,(H,18,21). The summed E-state index contributed by atoms with van der Waals surface area (Å²) in [7, 11) is 1.66. The number of benzene rings is 2. The first-order valence-corrected chi connectivity index (χ1v) is 7.31. The first-order valence-electron chi connectivity index (χ1n) is 7.31. The number of rotatable bonds is 4. The highest BCUT2D eigenvalue weighted by Gasteiger charge is 2.09. The maximum absolute atomic E-state index is 5.18. The minimum absolute atomic E-state index is 0.675. The number of fused-ring (bicyclic) bond motifs is 3. The molecular weight excluding hydrogens is 290 g/mol. The molecule has 0 aliphatic heterocycles. The molecule has 2 aromatic heterocycles. The van der Waals surface area contributed by atoms with E-state index in [0.29, 0.717) is 6.54 Å². The molecule has 0 amide bonds. The van der Waals surface area contributed by atoms with Gasteiger partial charge in [0.1, 0.15) is 12.1 Å². The van der Waals surface area contributed by atoms with Gasteiger partial charge in [0, 0.05) is 17.3 Å². The van der Waals surface area contributed by atoms with E-state index in [1.54, 1.807) is 18.0 Å². The molecule has 6 heteroatoms. The van der Waals surface area contributed by atoms with Gasteiger partial charge in [0.05, 0.1) is 7.11 Å². The van der Waals surface area contributed by atoms with Crippen LogP contribution in [-0.2, 0) is 6.54 Å². The first-order chi connectivity index (χ1) is 11.3. The molecule has 0 spiro atoms. The van der Waals surface area contributed by atoms with Gasteiger partial charge in [0.2, 0.25) is 0 Å². The Hall–Kier alpha value is -3.15. The lowest BCUT2D eigenvalue weighted by Crippen LogP contribution is -2.05. The second-order valence-corrected chi connectivity index (χ2v) is 5.19. The minimum Gasteiger partial charge on any atom is -0.497 e. The third kappa shape index (κ3) is 2.44. The molecule has 2 heterocycles. The van der Waals surface area contributed by atoms with Gasteiger partial charge in [-0.25, -0.2) is 0 Å². The van der Waals surface area contributed by atoms with Gasteiger partial charge in [0.15, 0.2) is 11.5 Å². The van der Waals surface area contributed by atoms with Crippen molar-refractivity contribution < 1.29 is 4.74 Å². The van der Waals surface area contributed by atoms with Crippen LogP contribution >= 0.6 is 0 Å². The van der Waals surface area contributed by atoms with E-state index in [2.05, 4.69) is 20.6 Å². The van der Waals surface area contributed by atoms with Gasteiger partial charge < -0.3 is 10.1 Å². The number of nitrogens with one attached hydrogen (secondary N) is 1. The number of nitrogens with zero attached hydrogens (tertiary/aromatic N) is 4. The average molecular weight is 305 g/mol. The van der Waals surface area contributed by atoms with E-state index in [-0.39, 0.29) is 0 Å². The fraction of sp³-hybridized carbons (Fsp3) is 0.118. The Bertz CT molecular complexity index is 962. The molecule has 0 aliphatic carbocycles. The van der Waals surface area contributed by atoms with Gasteiger partial charge in [0.25, 0.3) is 0 Å². The van der Waals surface area contributed by atoms with Crippen LogP contribution in [0.4, 0.5) is 5.82 Å². The molecule has 0 radical (unpaired) electrons. The van der Waals surface area contributed by atoms with Gasteiger partial charge in [-0.15, -0.1) is 15.3 Å². The molecule has 0 atom stereocenters. The zero-order valence-electron chi connectivity index (χ0n) is 12.6. The minimum atomic E-state index is 0.675. The third-order valence-electron chi connectivity index (χ3n) is 3.78. The van der Waals surface area contributed by atoms with Crippen molar-refractivity contribution in [2.24, 2.45) is 0 Å². The van der Waals surface area contributed by atoms with Crippen molar-refractivity contribution in [2.75, 3.05) is 12.4 Å². The van der Waals surface area contributed by atoms with E-state index in [0.717, 1.165) is 33.6 Å². The molecule has 0 fully saturated rings. The fourth-order valence-electron chi connectivity index (χ4n) is 2.59. The molecule has 0 saturated carbocycles. The fourth-order valence-corrected chi connectivity index (χ4v) is 2.59. The van der Waals surface area contributed by atoms with Crippen LogP contribution in [0, 0.1) is 0 Å². The summed E-state index contributed by atoms with van der Waals surface area (Å²) < 4.78 is 6.87. The molecule has 4 aromatic rings. The smallest absolute Gasteiger partial charge is 0.185 e. The maximum Gasteiger partial charge on any atom is 0.185 e. The summed E-state index contributed by atoms with van der Waals surface area (Å²) in [6.07, 6.45) is 1.61. The second kappa shape index (κ2) is 5.57. The Morgan fingerprint density at radius 1 is 1.04 bits per heavy atom. The summed E-state index contributed by atoms with van der Waals surface area (Å²) >= 11 is 0. The Morgan fingerprint density at radius 2 is 1.83 bits per heavy atom. The van der Waals surface area contributed by atoms with E-state index in [4.69, 9.17) is 4.74 Å². The SMILES string of the molecule is COc1ccc(CNc2nn3cnnc3c3ccccc23)cc1. The monoisotopic (exact) mass is 305 g/mol. The molecular formula is C17H15N5O. The van der Waals surface area contributed by atoms with Gasteiger partial charge in [-0.1, -0.05) is 36.4 Å². The Kier molecular flexibility index (Phi) is 3.27. The molecule has 1 N–H and O–H groups in total. The molecule has 23 heavy (non-hydrogen) atoms. The highest BCUT2D eigenvalue weighted by atomic mass is 16.5. The Morgan fingerprint density at radius 3 is 2.61 bits per heavy atom. The highest BCUT2D eigenvalue weighted by Crippen LogP contribution is 2.24. The van der Waals surface area contributed by atoms with Crippen molar-refractivity contribution in [1.29, 1.82) is 0 Å². The third-order valence-corrected chi connectivity index (χ3v) is 3.78. The predicted octanol–water partition coefficient (Wildman–Crippen LogP) is 2.90. The van der Waals surface area contributed by atoms with Crippen LogP contribution in [0.5, 0.6) is 5.75 Å². The summed E-state index contributed by atoms with van der Waals surface area (Å²) in [5.74, 6) is 1.66. The van der Waals surface area contributed by atoms with Gasteiger partial charge in [-0.3, -0.25) is 0 Å². The Labute approximate surface area is 132 Å². The van der Waals surface area contributed by atoms with E-state index in [1.165, 1.54) is 0 Å². The largest absolute Gasteiger partial charge is 0.497 e. The second-order valence-electron chi connectivity index (χ2n) is 5.19. The van der Waals surface area contributed by atoms with Crippen LogP contribution in [0.3, 0.4) is 0 Å². The predicted molar refractivity (Wildman–Crippen MR) is 88.6 cm³/mol. The highest BCUT2D eigenvalue weighted by molar-refractivity contribution is 5.99. The summed E-state index contributed by atoms with van der Waals surface area (Å²) in [5, 5.41) is 18.1. The van der Waals surface area contributed by atoms with Crippen molar-refractivity contribution in [2.45, 2.75) is 6.54 Å². The lowest BCUT2D eigenvalue weighted by molar-refractivity contribution is 0.414. The number of aromatic nitrogens is 4. The molecule has 0 saturated heterocycles. The Balaban J connectivity index is 1.69. The summed E-state index contributed by atoms with van der Waals surface area (Å²) in [4.78, 5) is 0. The molecule has 0 unspecified atom stereocenters.